The first-order valence-corrected chi connectivity index (χ1v) is 11.8. The normalized spacial score (nSPS) is 15.3. The molecule has 1 aliphatic rings. The van der Waals surface area contributed by atoms with E-state index >= 15 is 0 Å². The van der Waals surface area contributed by atoms with Crippen LogP contribution in [0.3, 0.4) is 0 Å². The zero-order valence-electron chi connectivity index (χ0n) is 18.0. The van der Waals surface area contributed by atoms with E-state index in [1.54, 1.807) is 19.1 Å². The van der Waals surface area contributed by atoms with Crippen LogP contribution in [-0.4, -0.2) is 26.3 Å². The van der Waals surface area contributed by atoms with E-state index in [1.807, 2.05) is 5.32 Å². The molecular formula is C24H16ClFN2O6S. The Kier molecular flexibility index (Phi) is 6.42. The van der Waals surface area contributed by atoms with E-state index in [1.165, 1.54) is 48.5 Å². The maximum Gasteiger partial charge on any atom is 0.339 e. The lowest BCUT2D eigenvalue weighted by Crippen LogP contribution is -2.54. The molecule has 35 heavy (non-hydrogen) atoms. The maximum absolute atomic E-state index is 14.3. The number of nitrogens with one attached hydrogen (secondary N) is 1. The van der Waals surface area contributed by atoms with Crippen LogP contribution < -0.4 is 14.4 Å². The summed E-state index contributed by atoms with van der Waals surface area (Å²) >= 11 is 6.05. The molecule has 4 rings (SSSR count). The summed E-state index contributed by atoms with van der Waals surface area (Å²) in [6.45, 7) is 1.79. The van der Waals surface area contributed by atoms with Gasteiger partial charge in [-0.25, -0.2) is 14.1 Å². The van der Waals surface area contributed by atoms with E-state index in [0.717, 1.165) is 17.7 Å². The third kappa shape index (κ3) is 4.93. The van der Waals surface area contributed by atoms with Gasteiger partial charge >= 0.3 is 16.1 Å². The number of aryl methyl sites for hydroxylation is 1. The average molecular weight is 515 g/mol. The predicted molar refractivity (Wildman–Crippen MR) is 126 cm³/mol. The number of nitrogens with zero attached hydrogens (tertiary/aromatic N) is 1. The maximum atomic E-state index is 14.3. The molecule has 0 unspecified atom stereocenters. The molecule has 0 saturated carbocycles. The summed E-state index contributed by atoms with van der Waals surface area (Å²) in [5, 5.41) is 2.12. The first kappa shape index (κ1) is 24.1. The highest BCUT2D eigenvalue weighted by Crippen LogP contribution is 2.30. The van der Waals surface area contributed by atoms with Gasteiger partial charge in [0.15, 0.2) is 0 Å². The summed E-state index contributed by atoms with van der Waals surface area (Å²) in [7, 11) is -4.27. The fourth-order valence-electron chi connectivity index (χ4n) is 3.24. The summed E-state index contributed by atoms with van der Waals surface area (Å²) < 4.78 is 45.1. The van der Waals surface area contributed by atoms with Crippen LogP contribution in [0.15, 0.2) is 77.2 Å². The molecule has 0 atom stereocenters. The van der Waals surface area contributed by atoms with Gasteiger partial charge in [-0.15, -0.1) is 0 Å². The van der Waals surface area contributed by atoms with Gasteiger partial charge < -0.3 is 4.18 Å². The zero-order chi connectivity index (χ0) is 25.3. The quantitative estimate of drug-likeness (QED) is 0.310. The standard InChI is InChI=1S/C24H16ClFN2O6S/c1-14-6-9-17(10-7-14)35(32,33)34-21-11-8-16(25)12-15(21)13-18-22(29)27-24(31)28(23(18)30)20-5-3-2-4-19(20)26/h2-13H,1H3,(H,27,29,31)/b18-13-. The number of barbiturate groups is 1. The molecule has 8 nitrogen and oxygen atoms in total. The van der Waals surface area contributed by atoms with E-state index in [4.69, 9.17) is 15.8 Å². The van der Waals surface area contributed by atoms with Gasteiger partial charge in [-0.05, 0) is 55.5 Å². The Morgan fingerprint density at radius 1 is 1.00 bits per heavy atom. The summed E-state index contributed by atoms with van der Waals surface area (Å²) in [5.41, 5.74) is -0.114. The van der Waals surface area contributed by atoms with Crippen molar-refractivity contribution in [2.45, 2.75) is 11.8 Å². The molecule has 1 heterocycles. The van der Waals surface area contributed by atoms with Crippen LogP contribution in [0.4, 0.5) is 14.9 Å². The second-order valence-corrected chi connectivity index (χ2v) is 9.42. The number of halogens is 2. The van der Waals surface area contributed by atoms with Crippen LogP contribution >= 0.6 is 11.6 Å². The van der Waals surface area contributed by atoms with Crippen molar-refractivity contribution in [1.29, 1.82) is 0 Å². The lowest BCUT2D eigenvalue weighted by molar-refractivity contribution is -0.122. The molecule has 11 heteroatoms. The highest BCUT2D eigenvalue weighted by molar-refractivity contribution is 7.87. The Bertz CT molecular complexity index is 1500. The van der Waals surface area contributed by atoms with E-state index in [2.05, 4.69) is 0 Å². The van der Waals surface area contributed by atoms with Crippen molar-refractivity contribution in [3.8, 4) is 5.75 Å². The molecule has 0 radical (unpaired) electrons. The number of para-hydroxylation sites is 1. The molecule has 3 aromatic rings. The smallest absolute Gasteiger partial charge is 0.339 e. The van der Waals surface area contributed by atoms with Crippen molar-refractivity contribution >= 4 is 51.3 Å². The van der Waals surface area contributed by atoms with Gasteiger partial charge in [0.1, 0.15) is 22.0 Å². The lowest BCUT2D eigenvalue weighted by Gasteiger charge is -2.26. The number of urea groups is 1. The van der Waals surface area contributed by atoms with Gasteiger partial charge in [-0.3, -0.25) is 14.9 Å². The summed E-state index contributed by atoms with van der Waals surface area (Å²) in [4.78, 5) is 38.2. The average Bonchev–Trinajstić information content (AvgIpc) is 2.79. The van der Waals surface area contributed by atoms with Crippen LogP contribution in [0.5, 0.6) is 5.75 Å². The molecule has 1 aliphatic heterocycles. The Balaban J connectivity index is 1.76. The van der Waals surface area contributed by atoms with E-state index in [9.17, 15) is 27.2 Å². The van der Waals surface area contributed by atoms with Crippen molar-refractivity contribution in [2.75, 3.05) is 4.90 Å². The molecule has 0 bridgehead atoms. The number of anilines is 1. The monoisotopic (exact) mass is 514 g/mol. The van der Waals surface area contributed by atoms with E-state index in [0.29, 0.717) is 4.90 Å². The SMILES string of the molecule is Cc1ccc(S(=O)(=O)Oc2ccc(Cl)cc2/C=C2/C(=O)NC(=O)N(c3ccccc3F)C2=O)cc1. The van der Waals surface area contributed by atoms with Crippen LogP contribution in [0.2, 0.25) is 5.02 Å². The van der Waals surface area contributed by atoms with Crippen LogP contribution in [0.25, 0.3) is 6.08 Å². The second-order valence-electron chi connectivity index (χ2n) is 7.44. The third-order valence-corrected chi connectivity index (χ3v) is 6.46. The molecule has 1 fully saturated rings. The molecule has 0 aliphatic carbocycles. The highest BCUT2D eigenvalue weighted by Gasteiger charge is 2.38. The number of carbonyl (C=O) groups excluding carboxylic acids is 3. The van der Waals surface area contributed by atoms with Gasteiger partial charge in [0.2, 0.25) is 0 Å². The molecule has 1 saturated heterocycles. The molecule has 0 spiro atoms. The first-order chi connectivity index (χ1) is 16.6. The number of rotatable bonds is 5. The number of hydrogen-bond acceptors (Lipinski definition) is 6. The van der Waals surface area contributed by atoms with Gasteiger partial charge in [-0.2, -0.15) is 8.42 Å². The Morgan fingerprint density at radius 2 is 1.69 bits per heavy atom. The van der Waals surface area contributed by atoms with Gasteiger partial charge in [-0.1, -0.05) is 41.4 Å². The Labute approximate surface area is 204 Å². The van der Waals surface area contributed by atoms with Crippen molar-refractivity contribution in [3.63, 3.8) is 0 Å². The summed E-state index contributed by atoms with van der Waals surface area (Å²) in [6.07, 6.45) is 1.02. The second kappa shape index (κ2) is 9.32. The predicted octanol–water partition coefficient (Wildman–Crippen LogP) is 4.22. The molecule has 4 amide bonds. The third-order valence-electron chi connectivity index (χ3n) is 4.98. The van der Waals surface area contributed by atoms with Crippen molar-refractivity contribution in [3.05, 3.63) is 94.3 Å². The Morgan fingerprint density at radius 3 is 2.37 bits per heavy atom. The highest BCUT2D eigenvalue weighted by atomic mass is 35.5. The van der Waals surface area contributed by atoms with E-state index < -0.39 is 39.4 Å². The topological polar surface area (TPSA) is 110 Å². The van der Waals surface area contributed by atoms with Crippen molar-refractivity contribution < 1.29 is 31.4 Å². The molecule has 1 N–H and O–H groups in total. The number of amides is 4. The van der Waals surface area contributed by atoms with Gasteiger partial charge in [0.05, 0.1) is 5.69 Å². The van der Waals surface area contributed by atoms with Gasteiger partial charge in [0, 0.05) is 10.6 Å². The molecular weight excluding hydrogens is 499 g/mol. The van der Waals surface area contributed by atoms with E-state index in [-0.39, 0.29) is 26.9 Å². The van der Waals surface area contributed by atoms with Crippen molar-refractivity contribution in [1.82, 2.24) is 5.32 Å². The van der Waals surface area contributed by atoms with Crippen LogP contribution in [-0.2, 0) is 19.7 Å². The number of hydrogen-bond donors (Lipinski definition) is 1. The molecule has 178 valence electrons. The fraction of sp³-hybridized carbons (Fsp3) is 0.0417. The fourth-order valence-corrected chi connectivity index (χ4v) is 4.38. The largest absolute Gasteiger partial charge is 0.378 e. The molecule has 0 aromatic heterocycles. The van der Waals surface area contributed by atoms with Gasteiger partial charge in [0.25, 0.3) is 11.8 Å². The molecule has 3 aromatic carbocycles. The first-order valence-electron chi connectivity index (χ1n) is 10.0. The minimum Gasteiger partial charge on any atom is -0.378 e. The van der Waals surface area contributed by atoms with Crippen LogP contribution in [0.1, 0.15) is 11.1 Å². The van der Waals surface area contributed by atoms with Crippen LogP contribution in [0, 0.1) is 12.7 Å². The lowest BCUT2D eigenvalue weighted by atomic mass is 10.1. The number of benzene rings is 3. The number of carbonyl (C=O) groups is 3. The summed E-state index contributed by atoms with van der Waals surface area (Å²) in [5.74, 6) is -3.26. The summed E-state index contributed by atoms with van der Waals surface area (Å²) in [6, 6.07) is 13.7. The minimum absolute atomic E-state index is 0.0329. The zero-order valence-corrected chi connectivity index (χ0v) is 19.6. The van der Waals surface area contributed by atoms with Crippen molar-refractivity contribution in [2.24, 2.45) is 0 Å². The Hall–Kier alpha value is -4.02. The number of imide groups is 2. The minimum atomic E-state index is -4.27.